The third-order valence-corrected chi connectivity index (χ3v) is 1.74. The molecular formula is C9H8N2O4. The van der Waals surface area contributed by atoms with E-state index in [2.05, 4.69) is 10.3 Å². The van der Waals surface area contributed by atoms with Crippen LogP contribution in [0, 0.1) is 0 Å². The van der Waals surface area contributed by atoms with Gasteiger partial charge in [0.2, 0.25) is 5.76 Å². The highest BCUT2D eigenvalue weighted by Crippen LogP contribution is 2.13. The highest BCUT2D eigenvalue weighted by atomic mass is 16.4. The van der Waals surface area contributed by atoms with E-state index in [4.69, 9.17) is 13.9 Å². The normalized spacial score (nSPS) is 10.1. The van der Waals surface area contributed by atoms with Gasteiger partial charge < -0.3 is 19.3 Å². The van der Waals surface area contributed by atoms with Gasteiger partial charge in [0.1, 0.15) is 6.26 Å². The van der Waals surface area contributed by atoms with E-state index in [-0.39, 0.29) is 5.76 Å². The average molecular weight is 208 g/mol. The second-order valence-corrected chi connectivity index (χ2v) is 2.80. The molecule has 0 aliphatic rings. The number of furan rings is 1. The highest BCUT2D eigenvalue weighted by molar-refractivity contribution is 5.84. The summed E-state index contributed by atoms with van der Waals surface area (Å²) in [6.07, 6.45) is 2.82. The van der Waals surface area contributed by atoms with Crippen molar-refractivity contribution in [2.24, 2.45) is 0 Å². The monoisotopic (exact) mass is 208 g/mol. The van der Waals surface area contributed by atoms with Crippen LogP contribution in [0.2, 0.25) is 0 Å². The summed E-state index contributed by atoms with van der Waals surface area (Å²) in [6, 6.07) is 2.93. The number of rotatable bonds is 4. The average Bonchev–Trinajstić information content (AvgIpc) is 2.86. The molecular weight excluding hydrogens is 200 g/mol. The Labute approximate surface area is 84.5 Å². The first-order valence-electron chi connectivity index (χ1n) is 4.20. The van der Waals surface area contributed by atoms with Crippen molar-refractivity contribution in [3.63, 3.8) is 0 Å². The predicted octanol–water partition coefficient (Wildman–Crippen LogP) is 1.58. The minimum absolute atomic E-state index is 0.0994. The zero-order valence-corrected chi connectivity index (χ0v) is 7.64. The first-order chi connectivity index (χ1) is 7.25. The summed E-state index contributed by atoms with van der Waals surface area (Å²) in [5.74, 6) is -0.808. The fraction of sp³-hybridized carbons (Fsp3) is 0.111. The molecule has 2 heterocycles. The zero-order valence-electron chi connectivity index (χ0n) is 7.64. The fourth-order valence-electron chi connectivity index (χ4n) is 1.05. The van der Waals surface area contributed by atoms with Crippen molar-refractivity contribution in [2.75, 3.05) is 5.32 Å². The Balaban J connectivity index is 1.96. The number of carbonyl (C=O) groups is 1. The van der Waals surface area contributed by atoms with Crippen LogP contribution < -0.4 is 5.32 Å². The molecule has 0 amide bonds. The van der Waals surface area contributed by atoms with Gasteiger partial charge >= 0.3 is 5.97 Å². The van der Waals surface area contributed by atoms with Crippen LogP contribution in [0.4, 0.5) is 5.88 Å². The first-order valence-corrected chi connectivity index (χ1v) is 4.20. The van der Waals surface area contributed by atoms with Crippen LogP contribution in [-0.4, -0.2) is 16.1 Å². The Bertz CT molecular complexity index is 446. The summed E-state index contributed by atoms with van der Waals surface area (Å²) in [7, 11) is 0. The number of anilines is 1. The number of aromatic carboxylic acids is 1. The fourth-order valence-corrected chi connectivity index (χ4v) is 1.05. The molecule has 2 N–H and O–H groups in total. The quantitative estimate of drug-likeness (QED) is 0.792. The second-order valence-electron chi connectivity index (χ2n) is 2.80. The molecule has 15 heavy (non-hydrogen) atoms. The van der Waals surface area contributed by atoms with Gasteiger partial charge in [-0.05, 0) is 6.07 Å². The van der Waals surface area contributed by atoms with Crippen molar-refractivity contribution < 1.29 is 18.7 Å². The first kappa shape index (κ1) is 9.32. The predicted molar refractivity (Wildman–Crippen MR) is 49.5 cm³/mol. The SMILES string of the molecule is O=C(O)c1ccc(NCc2cocn2)o1. The Morgan fingerprint density at radius 1 is 1.53 bits per heavy atom. The van der Waals surface area contributed by atoms with E-state index in [0.717, 1.165) is 0 Å². The van der Waals surface area contributed by atoms with Crippen LogP contribution >= 0.6 is 0 Å². The lowest BCUT2D eigenvalue weighted by molar-refractivity contribution is 0.0663. The summed E-state index contributed by atoms with van der Waals surface area (Å²) in [6.45, 7) is 0.420. The van der Waals surface area contributed by atoms with Crippen LogP contribution in [0.3, 0.4) is 0 Å². The maximum Gasteiger partial charge on any atom is 0.371 e. The molecule has 2 rings (SSSR count). The second kappa shape index (κ2) is 3.87. The van der Waals surface area contributed by atoms with Crippen molar-refractivity contribution in [3.8, 4) is 0 Å². The molecule has 78 valence electrons. The number of hydrogen-bond donors (Lipinski definition) is 2. The molecule has 0 aliphatic heterocycles. The molecule has 0 saturated carbocycles. The highest BCUT2D eigenvalue weighted by Gasteiger charge is 2.08. The van der Waals surface area contributed by atoms with E-state index in [1.54, 1.807) is 6.07 Å². The molecule has 6 heteroatoms. The number of hydrogen-bond acceptors (Lipinski definition) is 5. The lowest BCUT2D eigenvalue weighted by Gasteiger charge is -1.97. The van der Waals surface area contributed by atoms with E-state index < -0.39 is 5.97 Å². The van der Waals surface area contributed by atoms with Crippen molar-refractivity contribution in [1.29, 1.82) is 0 Å². The van der Waals surface area contributed by atoms with Crippen LogP contribution in [0.1, 0.15) is 16.2 Å². The van der Waals surface area contributed by atoms with Gasteiger partial charge in [0.15, 0.2) is 12.3 Å². The molecule has 2 aromatic heterocycles. The number of aromatic nitrogens is 1. The molecule has 2 aromatic rings. The number of oxazole rings is 1. The molecule has 6 nitrogen and oxygen atoms in total. The molecule has 0 aromatic carbocycles. The van der Waals surface area contributed by atoms with Crippen LogP contribution in [-0.2, 0) is 6.54 Å². The van der Waals surface area contributed by atoms with E-state index in [1.165, 1.54) is 18.7 Å². The summed E-state index contributed by atoms with van der Waals surface area (Å²) in [4.78, 5) is 14.4. The van der Waals surface area contributed by atoms with Crippen LogP contribution in [0.25, 0.3) is 0 Å². The largest absolute Gasteiger partial charge is 0.475 e. The van der Waals surface area contributed by atoms with Gasteiger partial charge in [-0.3, -0.25) is 0 Å². The lowest BCUT2D eigenvalue weighted by atomic mass is 10.4. The molecule has 0 bridgehead atoms. The van der Waals surface area contributed by atoms with Gasteiger partial charge in [0.25, 0.3) is 0 Å². The maximum absolute atomic E-state index is 10.5. The zero-order chi connectivity index (χ0) is 10.7. The maximum atomic E-state index is 10.5. The Morgan fingerprint density at radius 3 is 3.00 bits per heavy atom. The standard InChI is InChI=1S/C9H8N2O4/c12-9(13)7-1-2-8(15-7)10-3-6-4-14-5-11-6/h1-2,4-5,10H,3H2,(H,12,13). The van der Waals surface area contributed by atoms with Crippen molar-refractivity contribution in [2.45, 2.75) is 6.54 Å². The molecule has 0 saturated heterocycles. The smallest absolute Gasteiger partial charge is 0.371 e. The number of carboxylic acids is 1. The Kier molecular flexibility index (Phi) is 2.40. The minimum Gasteiger partial charge on any atom is -0.475 e. The van der Waals surface area contributed by atoms with Crippen molar-refractivity contribution in [1.82, 2.24) is 4.98 Å². The van der Waals surface area contributed by atoms with E-state index in [1.807, 2.05) is 0 Å². The van der Waals surface area contributed by atoms with E-state index in [0.29, 0.717) is 18.1 Å². The number of nitrogens with zero attached hydrogens (tertiary/aromatic N) is 1. The third kappa shape index (κ3) is 2.16. The summed E-state index contributed by atoms with van der Waals surface area (Å²) in [5.41, 5.74) is 0.711. The van der Waals surface area contributed by atoms with Gasteiger partial charge in [-0.1, -0.05) is 0 Å². The van der Waals surface area contributed by atoms with Gasteiger partial charge in [0, 0.05) is 6.07 Å². The summed E-state index contributed by atoms with van der Waals surface area (Å²) in [5, 5.41) is 11.5. The topological polar surface area (TPSA) is 88.5 Å². The Morgan fingerprint density at radius 2 is 2.40 bits per heavy atom. The number of carboxylic acid groups (broad SMARTS) is 1. The molecule has 0 fully saturated rings. The van der Waals surface area contributed by atoms with E-state index >= 15 is 0 Å². The molecule has 0 radical (unpaired) electrons. The van der Waals surface area contributed by atoms with Gasteiger partial charge in [-0.25, -0.2) is 9.78 Å². The molecule has 0 spiro atoms. The molecule has 0 aliphatic carbocycles. The molecule has 0 unspecified atom stereocenters. The van der Waals surface area contributed by atoms with Crippen molar-refractivity contribution in [3.05, 3.63) is 36.2 Å². The third-order valence-electron chi connectivity index (χ3n) is 1.74. The van der Waals surface area contributed by atoms with Crippen LogP contribution in [0.5, 0.6) is 0 Å². The van der Waals surface area contributed by atoms with Gasteiger partial charge in [-0.2, -0.15) is 0 Å². The summed E-state index contributed by atoms with van der Waals surface area (Å²) >= 11 is 0. The van der Waals surface area contributed by atoms with Gasteiger partial charge in [-0.15, -0.1) is 0 Å². The number of nitrogens with one attached hydrogen (secondary N) is 1. The Hall–Kier alpha value is -2.24. The minimum atomic E-state index is -1.09. The molecule has 0 atom stereocenters. The van der Waals surface area contributed by atoms with E-state index in [9.17, 15) is 4.79 Å². The van der Waals surface area contributed by atoms with Crippen LogP contribution in [0.15, 0.2) is 33.6 Å². The lowest BCUT2D eigenvalue weighted by Crippen LogP contribution is -1.98. The summed E-state index contributed by atoms with van der Waals surface area (Å²) < 4.78 is 9.74. The van der Waals surface area contributed by atoms with Crippen molar-refractivity contribution >= 4 is 11.9 Å². The van der Waals surface area contributed by atoms with Gasteiger partial charge in [0.05, 0.1) is 12.2 Å².